The van der Waals surface area contributed by atoms with Gasteiger partial charge in [-0.1, -0.05) is 13.8 Å². The van der Waals surface area contributed by atoms with Crippen molar-refractivity contribution in [3.05, 3.63) is 18.0 Å². The Bertz CT molecular complexity index is 649. The molecule has 2 heterocycles. The minimum atomic E-state index is -3.16. The molecule has 0 N–H and O–H groups in total. The van der Waals surface area contributed by atoms with Gasteiger partial charge in [-0.25, -0.2) is 8.42 Å². The standard InChI is InChI=1S/C15H25N3O4S/c1-4-15(5-2)12-18(8-9-23(15,20)21)14(19)11-22-10-13-6-7-16-17(13)3/h6-7H,4-5,8-12H2,1-3H3. The van der Waals surface area contributed by atoms with Gasteiger partial charge < -0.3 is 9.64 Å². The van der Waals surface area contributed by atoms with Gasteiger partial charge in [0.1, 0.15) is 6.61 Å². The molecule has 0 aromatic carbocycles. The van der Waals surface area contributed by atoms with Crippen LogP contribution in [0.15, 0.2) is 12.3 Å². The first-order valence-electron chi connectivity index (χ1n) is 7.90. The fourth-order valence-corrected chi connectivity index (χ4v) is 5.10. The van der Waals surface area contributed by atoms with Crippen molar-refractivity contribution in [2.75, 3.05) is 25.4 Å². The molecule has 2 rings (SSSR count). The Hall–Kier alpha value is -1.41. The Morgan fingerprint density at radius 3 is 2.65 bits per heavy atom. The minimum absolute atomic E-state index is 0.0299. The summed E-state index contributed by atoms with van der Waals surface area (Å²) >= 11 is 0. The van der Waals surface area contributed by atoms with Gasteiger partial charge in [-0.15, -0.1) is 0 Å². The fourth-order valence-electron chi connectivity index (χ4n) is 2.98. The van der Waals surface area contributed by atoms with Crippen LogP contribution in [0.2, 0.25) is 0 Å². The first kappa shape index (κ1) is 17.9. The van der Waals surface area contributed by atoms with E-state index in [2.05, 4.69) is 5.10 Å². The molecule has 1 aromatic rings. The number of sulfone groups is 1. The number of carbonyl (C=O) groups excluding carboxylic acids is 1. The molecule has 0 spiro atoms. The zero-order chi connectivity index (χ0) is 17.1. The zero-order valence-corrected chi connectivity index (χ0v) is 14.8. The number of carbonyl (C=O) groups is 1. The van der Waals surface area contributed by atoms with E-state index in [1.54, 1.807) is 15.8 Å². The van der Waals surface area contributed by atoms with E-state index in [4.69, 9.17) is 4.74 Å². The molecule has 0 unspecified atom stereocenters. The van der Waals surface area contributed by atoms with Gasteiger partial charge in [0.2, 0.25) is 5.91 Å². The summed E-state index contributed by atoms with van der Waals surface area (Å²) in [5.41, 5.74) is 0.885. The molecule has 0 aliphatic carbocycles. The molecule has 23 heavy (non-hydrogen) atoms. The van der Waals surface area contributed by atoms with Crippen LogP contribution < -0.4 is 0 Å². The number of hydrogen-bond donors (Lipinski definition) is 0. The average molecular weight is 343 g/mol. The van der Waals surface area contributed by atoms with Crippen LogP contribution in [0, 0.1) is 0 Å². The van der Waals surface area contributed by atoms with E-state index in [0.29, 0.717) is 19.4 Å². The number of nitrogens with zero attached hydrogens (tertiary/aromatic N) is 3. The lowest BCUT2D eigenvalue weighted by molar-refractivity contribution is -0.137. The summed E-state index contributed by atoms with van der Waals surface area (Å²) in [6.45, 7) is 4.51. The first-order valence-corrected chi connectivity index (χ1v) is 9.55. The van der Waals surface area contributed by atoms with Gasteiger partial charge in [0.05, 0.1) is 22.8 Å². The maximum Gasteiger partial charge on any atom is 0.248 e. The number of rotatable bonds is 6. The molecule has 7 nitrogen and oxygen atoms in total. The van der Waals surface area contributed by atoms with Crippen molar-refractivity contribution in [3.63, 3.8) is 0 Å². The second-order valence-corrected chi connectivity index (χ2v) is 8.47. The maximum absolute atomic E-state index is 12.4. The minimum Gasteiger partial charge on any atom is -0.365 e. The average Bonchev–Trinajstić information content (AvgIpc) is 2.92. The van der Waals surface area contributed by atoms with E-state index in [1.165, 1.54) is 0 Å². The Morgan fingerprint density at radius 2 is 2.09 bits per heavy atom. The van der Waals surface area contributed by atoms with Crippen LogP contribution >= 0.6 is 0 Å². The van der Waals surface area contributed by atoms with Gasteiger partial charge in [0, 0.05) is 26.3 Å². The lowest BCUT2D eigenvalue weighted by Crippen LogP contribution is -2.57. The number of ether oxygens (including phenoxy) is 1. The summed E-state index contributed by atoms with van der Waals surface area (Å²) in [5.74, 6) is -0.129. The quantitative estimate of drug-likeness (QED) is 0.761. The molecular weight excluding hydrogens is 318 g/mol. The second kappa shape index (κ2) is 7.00. The summed E-state index contributed by atoms with van der Waals surface area (Å²) in [5, 5.41) is 4.04. The van der Waals surface area contributed by atoms with Crippen LogP contribution in [0.3, 0.4) is 0 Å². The third-order valence-corrected chi connectivity index (χ3v) is 7.55. The lowest BCUT2D eigenvalue weighted by atomic mass is 10.0. The Kier molecular flexibility index (Phi) is 5.46. The molecule has 1 aromatic heterocycles. The van der Waals surface area contributed by atoms with Gasteiger partial charge >= 0.3 is 0 Å². The molecular formula is C15H25N3O4S. The van der Waals surface area contributed by atoms with Crippen LogP contribution in [0.25, 0.3) is 0 Å². The summed E-state index contributed by atoms with van der Waals surface area (Å²) < 4.78 is 31.1. The summed E-state index contributed by atoms with van der Waals surface area (Å²) in [7, 11) is -1.35. The SMILES string of the molecule is CCC1(CC)CN(C(=O)COCc2ccnn2C)CCS1(=O)=O. The van der Waals surface area contributed by atoms with E-state index in [0.717, 1.165) is 5.69 Å². The molecule has 0 radical (unpaired) electrons. The van der Waals surface area contributed by atoms with E-state index in [1.807, 2.05) is 27.0 Å². The van der Waals surface area contributed by atoms with Crippen molar-refractivity contribution in [1.82, 2.24) is 14.7 Å². The largest absolute Gasteiger partial charge is 0.365 e. The van der Waals surface area contributed by atoms with E-state index in [9.17, 15) is 13.2 Å². The Morgan fingerprint density at radius 1 is 1.39 bits per heavy atom. The van der Waals surface area contributed by atoms with Crippen LogP contribution in [0.4, 0.5) is 0 Å². The third-order valence-electron chi connectivity index (χ3n) is 4.81. The summed E-state index contributed by atoms with van der Waals surface area (Å²) in [6, 6.07) is 1.83. The molecule has 1 aliphatic heterocycles. The molecule has 0 saturated carbocycles. The van der Waals surface area contributed by atoms with Gasteiger partial charge in [0.15, 0.2) is 9.84 Å². The van der Waals surface area contributed by atoms with E-state index >= 15 is 0 Å². The predicted octanol–water partition coefficient (Wildman–Crippen LogP) is 0.753. The van der Waals surface area contributed by atoms with Crippen molar-refractivity contribution < 1.29 is 17.9 Å². The maximum atomic E-state index is 12.4. The third kappa shape index (κ3) is 3.58. The van der Waals surface area contributed by atoms with Gasteiger partial charge in [-0.3, -0.25) is 9.48 Å². The lowest BCUT2D eigenvalue weighted by Gasteiger charge is -2.41. The summed E-state index contributed by atoms with van der Waals surface area (Å²) in [6.07, 6.45) is 2.71. The molecule has 1 aliphatic rings. The van der Waals surface area contributed by atoms with Crippen LogP contribution in [-0.4, -0.2) is 59.2 Å². The molecule has 8 heteroatoms. The number of hydrogen-bond acceptors (Lipinski definition) is 5. The van der Waals surface area contributed by atoms with Crippen LogP contribution in [-0.2, 0) is 33.0 Å². The van der Waals surface area contributed by atoms with E-state index in [-0.39, 0.29) is 31.4 Å². The topological polar surface area (TPSA) is 81.5 Å². The van der Waals surface area contributed by atoms with Crippen molar-refractivity contribution in [2.24, 2.45) is 7.05 Å². The number of aryl methyl sites for hydroxylation is 1. The Labute approximate surface area is 137 Å². The van der Waals surface area contributed by atoms with Crippen molar-refractivity contribution in [1.29, 1.82) is 0 Å². The smallest absolute Gasteiger partial charge is 0.248 e. The van der Waals surface area contributed by atoms with Gasteiger partial charge in [-0.05, 0) is 18.9 Å². The predicted molar refractivity (Wildman–Crippen MR) is 86.5 cm³/mol. The number of amides is 1. The Balaban J connectivity index is 1.94. The molecule has 0 bridgehead atoms. The molecule has 1 amide bonds. The zero-order valence-electron chi connectivity index (χ0n) is 14.0. The van der Waals surface area contributed by atoms with E-state index < -0.39 is 14.6 Å². The normalized spacial score (nSPS) is 19.7. The molecule has 130 valence electrons. The van der Waals surface area contributed by atoms with Crippen LogP contribution in [0.5, 0.6) is 0 Å². The molecule has 1 saturated heterocycles. The van der Waals surface area contributed by atoms with Crippen LogP contribution in [0.1, 0.15) is 32.4 Å². The van der Waals surface area contributed by atoms with Gasteiger partial charge in [0.25, 0.3) is 0 Å². The number of aromatic nitrogens is 2. The highest BCUT2D eigenvalue weighted by Crippen LogP contribution is 2.31. The fraction of sp³-hybridized carbons (Fsp3) is 0.733. The molecule has 1 fully saturated rings. The highest BCUT2D eigenvalue weighted by atomic mass is 32.2. The van der Waals surface area contributed by atoms with Gasteiger partial charge in [-0.2, -0.15) is 5.10 Å². The van der Waals surface area contributed by atoms with Crippen molar-refractivity contribution in [3.8, 4) is 0 Å². The second-order valence-electron chi connectivity index (χ2n) is 5.96. The van der Waals surface area contributed by atoms with Crippen molar-refractivity contribution >= 4 is 15.7 Å². The first-order chi connectivity index (χ1) is 10.8. The summed E-state index contributed by atoms with van der Waals surface area (Å²) in [4.78, 5) is 13.9. The van der Waals surface area contributed by atoms with Crippen molar-refractivity contribution in [2.45, 2.75) is 38.0 Å². The monoisotopic (exact) mass is 343 g/mol. The highest BCUT2D eigenvalue weighted by Gasteiger charge is 2.46. The highest BCUT2D eigenvalue weighted by molar-refractivity contribution is 7.92. The molecule has 0 atom stereocenters.